The quantitative estimate of drug-likeness (QED) is 0.666. The van der Waals surface area contributed by atoms with Crippen LogP contribution in [0.15, 0.2) is 18.2 Å². The maximum absolute atomic E-state index is 12.7. The molecule has 2 heterocycles. The van der Waals surface area contributed by atoms with E-state index in [1.54, 1.807) is 13.2 Å². The second kappa shape index (κ2) is 8.96. The Bertz CT molecular complexity index is 779. The van der Waals surface area contributed by atoms with Gasteiger partial charge in [-0.1, -0.05) is 6.42 Å². The summed E-state index contributed by atoms with van der Waals surface area (Å²) in [6.07, 6.45) is 7.82. The second-order valence-corrected chi connectivity index (χ2v) is 9.16. The lowest BCUT2D eigenvalue weighted by Gasteiger charge is -2.37. The second-order valence-electron chi connectivity index (χ2n) is 9.16. The van der Waals surface area contributed by atoms with Gasteiger partial charge in [0.05, 0.1) is 12.7 Å². The summed E-state index contributed by atoms with van der Waals surface area (Å²) in [5.74, 6) is 1.10. The molecule has 0 unspecified atom stereocenters. The van der Waals surface area contributed by atoms with E-state index in [1.807, 2.05) is 24.1 Å². The van der Waals surface area contributed by atoms with Gasteiger partial charge in [0, 0.05) is 32.1 Å². The first kappa shape index (κ1) is 21.2. The molecule has 0 atom stereocenters. The molecule has 0 radical (unpaired) electrons. The van der Waals surface area contributed by atoms with Gasteiger partial charge in [-0.2, -0.15) is 0 Å². The van der Waals surface area contributed by atoms with Gasteiger partial charge in [0.2, 0.25) is 5.91 Å². The van der Waals surface area contributed by atoms with Crippen molar-refractivity contribution < 1.29 is 19.1 Å². The molecule has 1 aromatic rings. The maximum Gasteiger partial charge on any atom is 0.339 e. The summed E-state index contributed by atoms with van der Waals surface area (Å²) in [5, 5.41) is 0. The van der Waals surface area contributed by atoms with Crippen molar-refractivity contribution in [3.63, 3.8) is 0 Å². The van der Waals surface area contributed by atoms with Gasteiger partial charge in [-0.05, 0) is 75.7 Å². The van der Waals surface area contributed by atoms with Gasteiger partial charge in [0.1, 0.15) is 11.4 Å². The van der Waals surface area contributed by atoms with Crippen LogP contribution in [-0.2, 0) is 15.1 Å². The number of hydrogen-bond donors (Lipinski definition) is 0. The highest BCUT2D eigenvalue weighted by Crippen LogP contribution is 2.49. The van der Waals surface area contributed by atoms with E-state index in [2.05, 4.69) is 4.90 Å². The van der Waals surface area contributed by atoms with E-state index in [-0.39, 0.29) is 11.9 Å². The summed E-state index contributed by atoms with van der Waals surface area (Å²) in [5.41, 5.74) is 1.07. The number of methoxy groups -OCH3 is 1. The average Bonchev–Trinajstić information content (AvgIpc) is 3.05. The smallest absolute Gasteiger partial charge is 0.339 e. The van der Waals surface area contributed by atoms with Crippen molar-refractivity contribution in [2.45, 2.75) is 57.0 Å². The topological polar surface area (TPSA) is 59.1 Å². The SMILES string of the molecule is COc1ccc2c(c1)C1(CCC(CC(=O)N(C)CCN3CCCCC3)CC1)OC2=O. The monoisotopic (exact) mass is 414 g/mol. The fraction of sp³-hybridized carbons (Fsp3) is 0.667. The molecule has 164 valence electrons. The van der Waals surface area contributed by atoms with Crippen LogP contribution in [0.1, 0.15) is 67.3 Å². The molecular weight excluding hydrogens is 380 g/mol. The molecule has 6 heteroatoms. The highest BCUT2D eigenvalue weighted by atomic mass is 16.6. The molecule has 1 spiro atoms. The van der Waals surface area contributed by atoms with E-state index >= 15 is 0 Å². The highest BCUT2D eigenvalue weighted by Gasteiger charge is 2.47. The maximum atomic E-state index is 12.7. The van der Waals surface area contributed by atoms with Crippen molar-refractivity contribution in [3.8, 4) is 5.75 Å². The van der Waals surface area contributed by atoms with Crippen molar-refractivity contribution in [2.24, 2.45) is 5.92 Å². The average molecular weight is 415 g/mol. The van der Waals surface area contributed by atoms with Crippen LogP contribution in [-0.4, -0.2) is 62.0 Å². The van der Waals surface area contributed by atoms with E-state index in [9.17, 15) is 9.59 Å². The molecule has 1 saturated carbocycles. The summed E-state index contributed by atoms with van der Waals surface area (Å²) in [7, 11) is 3.56. The molecule has 0 bridgehead atoms. The van der Waals surface area contributed by atoms with Crippen molar-refractivity contribution >= 4 is 11.9 Å². The van der Waals surface area contributed by atoms with Crippen LogP contribution < -0.4 is 4.74 Å². The van der Waals surface area contributed by atoms with Crippen LogP contribution in [0.3, 0.4) is 0 Å². The van der Waals surface area contributed by atoms with Crippen LogP contribution in [0.25, 0.3) is 0 Å². The number of piperidine rings is 1. The Morgan fingerprint density at radius 3 is 2.67 bits per heavy atom. The molecule has 3 aliphatic rings. The minimum Gasteiger partial charge on any atom is -0.497 e. The van der Waals surface area contributed by atoms with Crippen LogP contribution in [0.2, 0.25) is 0 Å². The summed E-state index contributed by atoms with van der Waals surface area (Å²) < 4.78 is 11.2. The van der Waals surface area contributed by atoms with Gasteiger partial charge < -0.3 is 19.3 Å². The van der Waals surface area contributed by atoms with E-state index in [0.29, 0.717) is 17.9 Å². The number of ether oxygens (including phenoxy) is 2. The summed E-state index contributed by atoms with van der Waals surface area (Å²) >= 11 is 0. The van der Waals surface area contributed by atoms with E-state index in [1.165, 1.54) is 19.3 Å². The number of carbonyl (C=O) groups is 2. The summed E-state index contributed by atoms with van der Waals surface area (Å²) in [6, 6.07) is 5.56. The lowest BCUT2D eigenvalue weighted by molar-refractivity contribution is -0.132. The first-order valence-corrected chi connectivity index (χ1v) is 11.4. The van der Waals surface area contributed by atoms with Crippen molar-refractivity contribution in [3.05, 3.63) is 29.3 Å². The number of nitrogens with zero attached hydrogens (tertiary/aromatic N) is 2. The number of rotatable bonds is 6. The lowest BCUT2D eigenvalue weighted by Crippen LogP contribution is -2.39. The van der Waals surface area contributed by atoms with Crippen LogP contribution in [0, 0.1) is 5.92 Å². The number of hydrogen-bond acceptors (Lipinski definition) is 5. The Morgan fingerprint density at radius 1 is 1.23 bits per heavy atom. The zero-order chi connectivity index (χ0) is 21.1. The molecule has 4 rings (SSSR count). The molecule has 1 aliphatic carbocycles. The number of benzene rings is 1. The zero-order valence-electron chi connectivity index (χ0n) is 18.3. The fourth-order valence-electron chi connectivity index (χ4n) is 5.21. The van der Waals surface area contributed by atoms with Gasteiger partial charge in [-0.25, -0.2) is 4.79 Å². The third kappa shape index (κ3) is 4.34. The third-order valence-electron chi connectivity index (χ3n) is 7.23. The summed E-state index contributed by atoms with van der Waals surface area (Å²) in [4.78, 5) is 29.5. The standard InChI is InChI=1S/C24H34N2O4/c1-25(14-15-26-12-4-3-5-13-26)22(27)16-18-8-10-24(11-9-18)21-17-19(29-2)6-7-20(21)23(28)30-24/h6-7,17-18H,3-5,8-16H2,1-2H3. The number of esters is 1. The van der Waals surface area contributed by atoms with Gasteiger partial charge in [-0.15, -0.1) is 0 Å². The van der Waals surface area contributed by atoms with Crippen LogP contribution >= 0.6 is 0 Å². The molecule has 0 aromatic heterocycles. The molecule has 0 N–H and O–H groups in total. The Kier molecular flexibility index (Phi) is 6.32. The molecule has 1 saturated heterocycles. The molecule has 30 heavy (non-hydrogen) atoms. The van der Waals surface area contributed by atoms with Gasteiger partial charge in [0.25, 0.3) is 0 Å². The molecule has 6 nitrogen and oxygen atoms in total. The molecule has 2 fully saturated rings. The minimum atomic E-state index is -0.541. The van der Waals surface area contributed by atoms with E-state index in [4.69, 9.17) is 9.47 Å². The predicted octanol–water partition coefficient (Wildman–Crippen LogP) is 3.59. The van der Waals surface area contributed by atoms with Crippen LogP contribution in [0.5, 0.6) is 5.75 Å². The fourth-order valence-corrected chi connectivity index (χ4v) is 5.21. The zero-order valence-corrected chi connectivity index (χ0v) is 18.3. The molecule has 2 aliphatic heterocycles. The Morgan fingerprint density at radius 2 is 1.97 bits per heavy atom. The van der Waals surface area contributed by atoms with E-state index in [0.717, 1.165) is 63.2 Å². The van der Waals surface area contributed by atoms with E-state index < -0.39 is 5.60 Å². The summed E-state index contributed by atoms with van der Waals surface area (Å²) in [6.45, 7) is 4.11. The first-order valence-electron chi connectivity index (χ1n) is 11.4. The van der Waals surface area contributed by atoms with Gasteiger partial charge in [0.15, 0.2) is 0 Å². The highest BCUT2D eigenvalue weighted by molar-refractivity contribution is 5.95. The Balaban J connectivity index is 1.30. The predicted molar refractivity (Wildman–Crippen MR) is 115 cm³/mol. The number of likely N-dealkylation sites (tertiary alicyclic amines) is 1. The van der Waals surface area contributed by atoms with Crippen molar-refractivity contribution in [2.75, 3.05) is 40.3 Å². The van der Waals surface area contributed by atoms with Crippen LogP contribution in [0.4, 0.5) is 0 Å². The lowest BCUT2D eigenvalue weighted by atomic mass is 9.74. The molecular formula is C24H34N2O4. The Labute approximate surface area is 179 Å². The van der Waals surface area contributed by atoms with Gasteiger partial charge in [-0.3, -0.25) is 4.79 Å². The molecule has 1 aromatic carbocycles. The number of amides is 1. The number of likely N-dealkylation sites (N-methyl/N-ethyl adjacent to an activating group) is 1. The first-order chi connectivity index (χ1) is 14.5. The van der Waals surface area contributed by atoms with Gasteiger partial charge >= 0.3 is 5.97 Å². The van der Waals surface area contributed by atoms with Crippen molar-refractivity contribution in [1.82, 2.24) is 9.80 Å². The normalized spacial score (nSPS) is 26.3. The van der Waals surface area contributed by atoms with Crippen molar-refractivity contribution in [1.29, 1.82) is 0 Å². The minimum absolute atomic E-state index is 0.235. The number of carbonyl (C=O) groups excluding carboxylic acids is 2. The number of fused-ring (bicyclic) bond motifs is 2. The Hall–Kier alpha value is -2.08. The third-order valence-corrected chi connectivity index (χ3v) is 7.23. The molecule has 1 amide bonds. The largest absolute Gasteiger partial charge is 0.497 e.